The van der Waals surface area contributed by atoms with Gasteiger partial charge in [-0.2, -0.15) is 0 Å². The van der Waals surface area contributed by atoms with Crippen LogP contribution >= 0.6 is 0 Å². The predicted molar refractivity (Wildman–Crippen MR) is 93.7 cm³/mol. The number of amides is 3. The van der Waals surface area contributed by atoms with Gasteiger partial charge in [0.05, 0.1) is 6.54 Å². The van der Waals surface area contributed by atoms with E-state index in [1.54, 1.807) is 0 Å². The molecule has 1 unspecified atom stereocenters. The van der Waals surface area contributed by atoms with Crippen molar-refractivity contribution in [3.05, 3.63) is 0 Å². The van der Waals surface area contributed by atoms with Gasteiger partial charge in [0.25, 0.3) is 0 Å². The lowest BCUT2D eigenvalue weighted by Crippen LogP contribution is -2.53. The Hall–Kier alpha value is -1.63. The van der Waals surface area contributed by atoms with Crippen molar-refractivity contribution in [3.8, 4) is 0 Å². The minimum absolute atomic E-state index is 0.00631. The van der Waals surface area contributed by atoms with E-state index < -0.39 is 0 Å². The van der Waals surface area contributed by atoms with Crippen LogP contribution in [0.25, 0.3) is 0 Å². The number of nitrogens with one attached hydrogen (secondary N) is 1. The quantitative estimate of drug-likeness (QED) is 0.752. The van der Waals surface area contributed by atoms with Crippen molar-refractivity contribution in [2.45, 2.75) is 32.6 Å². The van der Waals surface area contributed by atoms with E-state index in [9.17, 15) is 14.4 Å². The number of carbonyl (C=O) groups excluding carboxylic acids is 3. The monoisotopic (exact) mass is 350 g/mol. The number of piperazine rings is 1. The molecule has 0 spiro atoms. The van der Waals surface area contributed by atoms with Gasteiger partial charge in [0, 0.05) is 52.1 Å². The Morgan fingerprint density at radius 3 is 2.28 bits per heavy atom. The van der Waals surface area contributed by atoms with Crippen LogP contribution < -0.4 is 5.32 Å². The zero-order valence-electron chi connectivity index (χ0n) is 15.2. The lowest BCUT2D eigenvalue weighted by molar-refractivity contribution is -0.141. The summed E-state index contributed by atoms with van der Waals surface area (Å²) < 4.78 is 0. The summed E-state index contributed by atoms with van der Waals surface area (Å²) in [6.45, 7) is 7.15. The summed E-state index contributed by atoms with van der Waals surface area (Å²) in [6, 6.07) is 0. The van der Waals surface area contributed by atoms with Crippen molar-refractivity contribution in [3.63, 3.8) is 0 Å². The first-order chi connectivity index (χ1) is 12.0. The van der Waals surface area contributed by atoms with Gasteiger partial charge in [-0.15, -0.1) is 0 Å². The minimum atomic E-state index is 0.00631. The van der Waals surface area contributed by atoms with E-state index in [0.29, 0.717) is 45.2 Å². The molecule has 0 radical (unpaired) electrons. The van der Waals surface area contributed by atoms with E-state index in [1.165, 1.54) is 6.92 Å². The first kappa shape index (κ1) is 18.2. The standard InChI is InChI=1S/C18H30N4O3/c1-14(23)19-11-15-3-2-6-20(12-15)13-17(24)21-7-9-22(10-8-21)18(25)16-4-5-16/h15-16H,2-13H2,1H3,(H,19,23). The molecular weight excluding hydrogens is 320 g/mol. The van der Waals surface area contributed by atoms with Gasteiger partial charge in [0.1, 0.15) is 0 Å². The molecule has 0 aromatic carbocycles. The molecule has 2 saturated heterocycles. The summed E-state index contributed by atoms with van der Waals surface area (Å²) in [6.07, 6.45) is 4.24. The van der Waals surface area contributed by atoms with Crippen LogP contribution in [0, 0.1) is 11.8 Å². The Balaban J connectivity index is 1.40. The Morgan fingerprint density at radius 1 is 0.960 bits per heavy atom. The third-order valence-electron chi connectivity index (χ3n) is 5.47. The SMILES string of the molecule is CC(=O)NCC1CCCN(CC(=O)N2CCN(C(=O)C3CC3)CC2)C1. The van der Waals surface area contributed by atoms with Crippen molar-refractivity contribution in [2.24, 2.45) is 11.8 Å². The predicted octanol–water partition coefficient (Wildman–Crippen LogP) is -0.0847. The molecular formula is C18H30N4O3. The molecule has 2 aliphatic heterocycles. The van der Waals surface area contributed by atoms with Gasteiger partial charge < -0.3 is 15.1 Å². The van der Waals surface area contributed by atoms with E-state index in [4.69, 9.17) is 0 Å². The highest BCUT2D eigenvalue weighted by Gasteiger charge is 2.35. The van der Waals surface area contributed by atoms with Gasteiger partial charge >= 0.3 is 0 Å². The highest BCUT2D eigenvalue weighted by Crippen LogP contribution is 2.31. The molecule has 2 heterocycles. The van der Waals surface area contributed by atoms with Crippen LogP contribution in [-0.4, -0.2) is 84.8 Å². The minimum Gasteiger partial charge on any atom is -0.356 e. The van der Waals surface area contributed by atoms with E-state index in [0.717, 1.165) is 38.8 Å². The fourth-order valence-corrected chi connectivity index (χ4v) is 3.81. The lowest BCUT2D eigenvalue weighted by Gasteiger charge is -2.37. The first-order valence-electron chi connectivity index (χ1n) is 9.56. The molecule has 0 bridgehead atoms. The van der Waals surface area contributed by atoms with E-state index in [2.05, 4.69) is 10.2 Å². The van der Waals surface area contributed by atoms with Gasteiger partial charge in [-0.3, -0.25) is 19.3 Å². The maximum absolute atomic E-state index is 12.6. The lowest BCUT2D eigenvalue weighted by atomic mass is 9.98. The first-order valence-corrected chi connectivity index (χ1v) is 9.56. The summed E-state index contributed by atoms with van der Waals surface area (Å²) in [5.41, 5.74) is 0. The number of rotatable bonds is 5. The number of carbonyl (C=O) groups is 3. The van der Waals surface area contributed by atoms with Crippen molar-refractivity contribution < 1.29 is 14.4 Å². The number of nitrogens with zero attached hydrogens (tertiary/aromatic N) is 3. The maximum atomic E-state index is 12.6. The number of hydrogen-bond acceptors (Lipinski definition) is 4. The number of likely N-dealkylation sites (tertiary alicyclic amines) is 1. The summed E-state index contributed by atoms with van der Waals surface area (Å²) in [5.74, 6) is 1.14. The van der Waals surface area contributed by atoms with Crippen LogP contribution in [0.5, 0.6) is 0 Å². The van der Waals surface area contributed by atoms with E-state index in [-0.39, 0.29) is 23.6 Å². The molecule has 1 atom stereocenters. The molecule has 0 aromatic heterocycles. The van der Waals surface area contributed by atoms with Gasteiger partial charge in [-0.05, 0) is 38.1 Å². The van der Waals surface area contributed by atoms with Crippen molar-refractivity contribution in [1.29, 1.82) is 0 Å². The van der Waals surface area contributed by atoms with Gasteiger partial charge in [0.15, 0.2) is 0 Å². The van der Waals surface area contributed by atoms with Crippen LogP contribution in [0.15, 0.2) is 0 Å². The molecule has 0 aromatic rings. The highest BCUT2D eigenvalue weighted by atomic mass is 16.2. The van der Waals surface area contributed by atoms with Crippen LogP contribution in [0.2, 0.25) is 0 Å². The second kappa shape index (κ2) is 8.17. The smallest absolute Gasteiger partial charge is 0.236 e. The number of hydrogen-bond donors (Lipinski definition) is 1. The Bertz CT molecular complexity index is 512. The fourth-order valence-electron chi connectivity index (χ4n) is 3.81. The highest BCUT2D eigenvalue weighted by molar-refractivity contribution is 5.82. The van der Waals surface area contributed by atoms with E-state index >= 15 is 0 Å². The van der Waals surface area contributed by atoms with Gasteiger partial charge in [-0.1, -0.05) is 0 Å². The van der Waals surface area contributed by atoms with Crippen LogP contribution in [-0.2, 0) is 14.4 Å². The van der Waals surface area contributed by atoms with Crippen LogP contribution in [0.4, 0.5) is 0 Å². The second-order valence-corrected chi connectivity index (χ2v) is 7.66. The molecule has 140 valence electrons. The summed E-state index contributed by atoms with van der Waals surface area (Å²) >= 11 is 0. The molecule has 1 aliphatic carbocycles. The maximum Gasteiger partial charge on any atom is 0.236 e. The Labute approximate surface area is 149 Å². The zero-order chi connectivity index (χ0) is 17.8. The Kier molecular flexibility index (Phi) is 5.93. The molecule has 7 nitrogen and oxygen atoms in total. The van der Waals surface area contributed by atoms with Crippen molar-refractivity contribution in [1.82, 2.24) is 20.0 Å². The molecule has 3 aliphatic rings. The normalized spacial score (nSPS) is 24.9. The third-order valence-corrected chi connectivity index (χ3v) is 5.47. The topological polar surface area (TPSA) is 73.0 Å². The fraction of sp³-hybridized carbons (Fsp3) is 0.833. The van der Waals surface area contributed by atoms with E-state index in [1.807, 2.05) is 9.80 Å². The zero-order valence-corrected chi connectivity index (χ0v) is 15.2. The number of piperidine rings is 1. The van der Waals surface area contributed by atoms with Crippen molar-refractivity contribution >= 4 is 17.7 Å². The summed E-state index contributed by atoms with van der Waals surface area (Å²) in [5, 5.41) is 2.88. The Morgan fingerprint density at radius 2 is 1.64 bits per heavy atom. The molecule has 1 N–H and O–H groups in total. The molecule has 25 heavy (non-hydrogen) atoms. The van der Waals surface area contributed by atoms with Crippen LogP contribution in [0.1, 0.15) is 32.6 Å². The van der Waals surface area contributed by atoms with Crippen LogP contribution in [0.3, 0.4) is 0 Å². The van der Waals surface area contributed by atoms with Crippen molar-refractivity contribution in [2.75, 3.05) is 52.4 Å². The third kappa shape index (κ3) is 5.17. The average molecular weight is 350 g/mol. The molecule has 7 heteroatoms. The average Bonchev–Trinajstić information content (AvgIpc) is 3.45. The molecule has 1 saturated carbocycles. The molecule has 3 amide bonds. The second-order valence-electron chi connectivity index (χ2n) is 7.66. The summed E-state index contributed by atoms with van der Waals surface area (Å²) in [4.78, 5) is 41.7. The largest absolute Gasteiger partial charge is 0.356 e. The van der Waals surface area contributed by atoms with Gasteiger partial charge in [-0.25, -0.2) is 0 Å². The van der Waals surface area contributed by atoms with Gasteiger partial charge in [0.2, 0.25) is 17.7 Å². The molecule has 3 fully saturated rings. The summed E-state index contributed by atoms with van der Waals surface area (Å²) in [7, 11) is 0. The molecule has 3 rings (SSSR count).